The van der Waals surface area contributed by atoms with Gasteiger partial charge in [0, 0.05) is 23.9 Å². The van der Waals surface area contributed by atoms with E-state index in [0.717, 1.165) is 12.7 Å². The van der Waals surface area contributed by atoms with Gasteiger partial charge in [-0.15, -0.1) is 0 Å². The Hall–Kier alpha value is -0.260. The molecule has 1 heterocycles. The monoisotopic (exact) mass is 467 g/mol. The van der Waals surface area contributed by atoms with Gasteiger partial charge in [0.15, 0.2) is 5.79 Å². The minimum atomic E-state index is -3.59. The number of fused-ring (bicyclic) bond motifs is 3. The predicted molar refractivity (Wildman–Crippen MR) is 114 cm³/mol. The van der Waals surface area contributed by atoms with Crippen molar-refractivity contribution >= 4 is 20.1 Å². The molecule has 10 heteroatoms. The molecular weight excluding hydrogens is 430 g/mol. The highest BCUT2D eigenvalue weighted by atomic mass is 32.2. The highest BCUT2D eigenvalue weighted by molar-refractivity contribution is 7.89. The van der Waals surface area contributed by atoms with Crippen LogP contribution >= 0.6 is 0 Å². The molecule has 2 saturated carbocycles. The van der Waals surface area contributed by atoms with Gasteiger partial charge in [0.05, 0.1) is 25.2 Å². The van der Waals surface area contributed by atoms with Crippen LogP contribution in [0.25, 0.3) is 0 Å². The van der Waals surface area contributed by atoms with Crippen molar-refractivity contribution in [1.82, 2.24) is 4.31 Å². The van der Waals surface area contributed by atoms with Crippen molar-refractivity contribution in [2.45, 2.75) is 84.8 Å². The summed E-state index contributed by atoms with van der Waals surface area (Å²) in [6, 6.07) is -0.296. The van der Waals surface area contributed by atoms with Crippen LogP contribution in [0.3, 0.4) is 0 Å². The summed E-state index contributed by atoms with van der Waals surface area (Å²) in [7, 11) is -7.18. The normalized spacial score (nSPS) is 36.1. The number of hydrogen-bond donors (Lipinski definition) is 0. The van der Waals surface area contributed by atoms with E-state index in [1.807, 2.05) is 27.7 Å². The van der Waals surface area contributed by atoms with E-state index in [-0.39, 0.29) is 42.4 Å². The fourth-order valence-corrected chi connectivity index (χ4v) is 9.44. The van der Waals surface area contributed by atoms with E-state index >= 15 is 0 Å². The first-order valence-electron chi connectivity index (χ1n) is 10.7. The molecule has 1 spiro atoms. The summed E-state index contributed by atoms with van der Waals surface area (Å²) >= 11 is 0. The Morgan fingerprint density at radius 2 is 1.70 bits per heavy atom. The molecule has 0 radical (unpaired) electrons. The second-order valence-corrected chi connectivity index (χ2v) is 13.8. The predicted octanol–water partition coefficient (Wildman–Crippen LogP) is 2.35. The van der Waals surface area contributed by atoms with E-state index in [9.17, 15) is 16.8 Å². The molecule has 0 amide bonds. The molecular formula is C20H37NO7S2. The van der Waals surface area contributed by atoms with E-state index < -0.39 is 37.4 Å². The van der Waals surface area contributed by atoms with Crippen LogP contribution < -0.4 is 0 Å². The molecule has 2 aliphatic carbocycles. The fourth-order valence-electron chi connectivity index (χ4n) is 6.25. The molecule has 0 N–H and O–H groups in total. The van der Waals surface area contributed by atoms with Crippen molar-refractivity contribution in [3.63, 3.8) is 0 Å². The Bertz CT molecular complexity index is 860. The van der Waals surface area contributed by atoms with Crippen molar-refractivity contribution in [2.75, 3.05) is 25.2 Å². The number of ether oxygens (including phenoxy) is 2. The second kappa shape index (κ2) is 7.66. The molecule has 8 nitrogen and oxygen atoms in total. The van der Waals surface area contributed by atoms with Crippen molar-refractivity contribution < 1.29 is 30.5 Å². The molecule has 3 fully saturated rings. The Labute approximate surface area is 181 Å². The average Bonchev–Trinajstić information content (AvgIpc) is 3.11. The number of sulfonamides is 1. The summed E-state index contributed by atoms with van der Waals surface area (Å²) < 4.78 is 69.1. The molecule has 0 aromatic rings. The van der Waals surface area contributed by atoms with Gasteiger partial charge in [-0.2, -0.15) is 12.7 Å². The highest BCUT2D eigenvalue weighted by Gasteiger charge is 2.75. The van der Waals surface area contributed by atoms with Crippen molar-refractivity contribution in [2.24, 2.45) is 16.7 Å². The van der Waals surface area contributed by atoms with E-state index in [1.165, 1.54) is 0 Å². The summed E-state index contributed by atoms with van der Waals surface area (Å²) in [5, 5.41) is 0. The highest BCUT2D eigenvalue weighted by Crippen LogP contribution is 2.72. The lowest BCUT2D eigenvalue weighted by molar-refractivity contribution is -0.244. The van der Waals surface area contributed by atoms with E-state index in [2.05, 4.69) is 13.8 Å². The van der Waals surface area contributed by atoms with Gasteiger partial charge in [-0.3, -0.25) is 4.18 Å². The molecule has 1 aliphatic heterocycles. The van der Waals surface area contributed by atoms with E-state index in [1.54, 1.807) is 4.31 Å². The Kier molecular flexibility index (Phi) is 6.22. The van der Waals surface area contributed by atoms with Gasteiger partial charge in [-0.05, 0) is 51.9 Å². The maximum Gasteiger partial charge on any atom is 0.264 e. The van der Waals surface area contributed by atoms with Crippen LogP contribution in [0.1, 0.15) is 60.8 Å². The van der Waals surface area contributed by atoms with Crippen LogP contribution in [-0.4, -0.2) is 70.3 Å². The van der Waals surface area contributed by atoms with Gasteiger partial charge in [0.25, 0.3) is 10.1 Å². The zero-order valence-corrected chi connectivity index (χ0v) is 20.8. The largest absolute Gasteiger partial charge is 0.346 e. The van der Waals surface area contributed by atoms with E-state index in [0.29, 0.717) is 12.8 Å². The van der Waals surface area contributed by atoms with Gasteiger partial charge < -0.3 is 9.47 Å². The number of rotatable bonds is 8. The lowest BCUT2D eigenvalue weighted by atomic mass is 9.68. The molecule has 3 rings (SSSR count). The van der Waals surface area contributed by atoms with Crippen molar-refractivity contribution in [3.05, 3.63) is 0 Å². The lowest BCUT2D eigenvalue weighted by Crippen LogP contribution is -2.57. The summed E-state index contributed by atoms with van der Waals surface area (Å²) in [4.78, 5) is 0. The summed E-state index contributed by atoms with van der Waals surface area (Å²) in [5.41, 5.74) is -0.988. The minimum Gasteiger partial charge on any atom is -0.346 e. The quantitative estimate of drug-likeness (QED) is 0.505. The third-order valence-electron chi connectivity index (χ3n) is 7.51. The Morgan fingerprint density at radius 1 is 1.10 bits per heavy atom. The third-order valence-corrected chi connectivity index (χ3v) is 10.4. The van der Waals surface area contributed by atoms with Crippen LogP contribution in [0.15, 0.2) is 0 Å². The average molecular weight is 468 g/mol. The second-order valence-electron chi connectivity index (χ2n) is 10.3. The molecule has 30 heavy (non-hydrogen) atoms. The van der Waals surface area contributed by atoms with Gasteiger partial charge >= 0.3 is 0 Å². The summed E-state index contributed by atoms with van der Waals surface area (Å²) in [6.07, 6.45) is 2.72. The molecule has 0 aromatic heterocycles. The molecule has 0 aromatic carbocycles. The van der Waals surface area contributed by atoms with Gasteiger partial charge in [-0.1, -0.05) is 13.8 Å². The molecule has 0 unspecified atom stereocenters. The molecule has 2 bridgehead atoms. The SMILES string of the molecule is CC(C)N(C(C)C)S(=O)(=O)C[C@@]12CC[C@@H](C[C@]13OC[C@@H](COS(C)(=O)=O)O3)C2(C)C. The van der Waals surface area contributed by atoms with Crippen LogP contribution in [0.4, 0.5) is 0 Å². The zero-order valence-electron chi connectivity index (χ0n) is 19.2. The van der Waals surface area contributed by atoms with Crippen LogP contribution in [0.5, 0.6) is 0 Å². The summed E-state index contributed by atoms with van der Waals surface area (Å²) in [6.45, 7) is 11.9. The smallest absolute Gasteiger partial charge is 0.264 e. The molecule has 176 valence electrons. The van der Waals surface area contributed by atoms with Crippen molar-refractivity contribution in [1.29, 1.82) is 0 Å². The molecule has 3 aliphatic rings. The van der Waals surface area contributed by atoms with Crippen LogP contribution in [0.2, 0.25) is 0 Å². The third kappa shape index (κ3) is 3.85. The maximum atomic E-state index is 13.6. The van der Waals surface area contributed by atoms with Crippen LogP contribution in [0, 0.1) is 16.7 Å². The Morgan fingerprint density at radius 3 is 2.20 bits per heavy atom. The minimum absolute atomic E-state index is 0.0421. The lowest BCUT2D eigenvalue weighted by Gasteiger charge is -2.48. The first-order valence-corrected chi connectivity index (χ1v) is 14.2. The standard InChI is InChI=1S/C20H37NO7S2/c1-14(2)21(15(3)4)30(24,25)13-19-9-8-16(18(19,5)6)10-20(19)26-11-17(28-20)12-27-29(7,22)23/h14-17H,8-13H2,1-7H3/t16-,17-,19+,20+/m0/s1. The van der Waals surface area contributed by atoms with Gasteiger partial charge in [0.2, 0.25) is 10.0 Å². The van der Waals surface area contributed by atoms with E-state index in [4.69, 9.17) is 13.7 Å². The number of nitrogens with zero attached hydrogens (tertiary/aromatic N) is 1. The van der Waals surface area contributed by atoms with Gasteiger partial charge in [-0.25, -0.2) is 8.42 Å². The van der Waals surface area contributed by atoms with Crippen molar-refractivity contribution in [3.8, 4) is 0 Å². The molecule has 4 atom stereocenters. The summed E-state index contributed by atoms with van der Waals surface area (Å²) in [5.74, 6) is -0.786. The fraction of sp³-hybridized carbons (Fsp3) is 1.00. The van der Waals surface area contributed by atoms with Gasteiger partial charge in [0.1, 0.15) is 6.10 Å². The maximum absolute atomic E-state index is 13.6. The topological polar surface area (TPSA) is 99.2 Å². The Balaban J connectivity index is 1.94. The number of hydrogen-bond acceptors (Lipinski definition) is 7. The first-order chi connectivity index (χ1) is 13.6. The van der Waals surface area contributed by atoms with Crippen LogP contribution in [-0.2, 0) is 33.8 Å². The zero-order chi connectivity index (χ0) is 22.8. The first kappa shape index (κ1) is 24.4. The molecule has 1 saturated heterocycles.